The second kappa shape index (κ2) is 6.85. The van der Waals surface area contributed by atoms with Crippen LogP contribution in [0.4, 0.5) is 0 Å². The van der Waals surface area contributed by atoms with Gasteiger partial charge in [0.1, 0.15) is 0 Å². The maximum Gasteiger partial charge on any atom is 0.0967 e. The van der Waals surface area contributed by atoms with Crippen LogP contribution in [-0.2, 0) is 13.6 Å². The Labute approximate surface area is 110 Å². The van der Waals surface area contributed by atoms with Gasteiger partial charge in [-0.15, -0.1) is 5.10 Å². The summed E-state index contributed by atoms with van der Waals surface area (Å²) in [4.78, 5) is 2.47. The summed E-state index contributed by atoms with van der Waals surface area (Å²) < 4.78 is 1.75. The average molecular weight is 253 g/mol. The fraction of sp³-hybridized carbons (Fsp3) is 0.846. The Morgan fingerprint density at radius 3 is 2.39 bits per heavy atom. The van der Waals surface area contributed by atoms with Crippen molar-refractivity contribution in [3.05, 3.63) is 11.9 Å². The summed E-state index contributed by atoms with van der Waals surface area (Å²) in [5.41, 5.74) is 7.15. The molecule has 0 fully saturated rings. The van der Waals surface area contributed by atoms with Gasteiger partial charge in [0.15, 0.2) is 0 Å². The van der Waals surface area contributed by atoms with Gasteiger partial charge in [0.2, 0.25) is 0 Å². The van der Waals surface area contributed by atoms with E-state index in [0.29, 0.717) is 6.54 Å². The zero-order valence-corrected chi connectivity index (χ0v) is 12.2. The van der Waals surface area contributed by atoms with Gasteiger partial charge in [0.25, 0.3) is 0 Å². The van der Waals surface area contributed by atoms with Crippen molar-refractivity contribution in [3.63, 3.8) is 0 Å². The second-order valence-electron chi connectivity index (χ2n) is 4.94. The Morgan fingerprint density at radius 1 is 1.33 bits per heavy atom. The number of hydrogen-bond donors (Lipinski definition) is 1. The molecule has 1 heterocycles. The van der Waals surface area contributed by atoms with Crippen molar-refractivity contribution < 1.29 is 0 Å². The lowest BCUT2D eigenvalue weighted by Crippen LogP contribution is -2.53. The predicted octanol–water partition coefficient (Wildman–Crippen LogP) is 1.54. The highest BCUT2D eigenvalue weighted by atomic mass is 15.4. The van der Waals surface area contributed by atoms with Crippen LogP contribution >= 0.6 is 0 Å². The molecule has 0 saturated carbocycles. The first-order valence-electron chi connectivity index (χ1n) is 6.92. The first-order valence-corrected chi connectivity index (χ1v) is 6.92. The molecule has 0 unspecified atom stereocenters. The molecule has 1 aromatic rings. The van der Waals surface area contributed by atoms with Crippen LogP contribution in [0.25, 0.3) is 0 Å². The van der Waals surface area contributed by atoms with Gasteiger partial charge in [-0.3, -0.25) is 9.58 Å². The molecule has 18 heavy (non-hydrogen) atoms. The van der Waals surface area contributed by atoms with Crippen LogP contribution in [0.5, 0.6) is 0 Å². The second-order valence-corrected chi connectivity index (χ2v) is 4.94. The highest BCUT2D eigenvalue weighted by Gasteiger charge is 2.31. The van der Waals surface area contributed by atoms with E-state index >= 15 is 0 Å². The Hall–Kier alpha value is -0.940. The SMILES string of the molecule is CCCN(Cc1cn(C)nn1)C(CC)(CC)CN. The number of nitrogens with two attached hydrogens (primary N) is 1. The third-order valence-corrected chi connectivity index (χ3v) is 3.86. The van der Waals surface area contributed by atoms with Crippen LogP contribution in [0, 0.1) is 0 Å². The molecule has 104 valence electrons. The van der Waals surface area contributed by atoms with Crippen molar-refractivity contribution in [2.75, 3.05) is 13.1 Å². The quantitative estimate of drug-likeness (QED) is 0.763. The third-order valence-electron chi connectivity index (χ3n) is 3.86. The molecule has 0 spiro atoms. The summed E-state index contributed by atoms with van der Waals surface area (Å²) >= 11 is 0. The molecule has 0 aliphatic carbocycles. The van der Waals surface area contributed by atoms with E-state index in [-0.39, 0.29) is 5.54 Å². The molecule has 0 aromatic carbocycles. The van der Waals surface area contributed by atoms with Crippen LogP contribution in [-0.4, -0.2) is 38.5 Å². The van der Waals surface area contributed by atoms with Gasteiger partial charge in [0, 0.05) is 31.9 Å². The standard InChI is InChI=1S/C13H27N5/c1-5-8-18(13(6-2,7-3)11-14)10-12-9-17(4)16-15-12/h9H,5-8,10-11,14H2,1-4H3. The number of nitrogens with zero attached hydrogens (tertiary/aromatic N) is 4. The van der Waals surface area contributed by atoms with Gasteiger partial charge >= 0.3 is 0 Å². The van der Waals surface area contributed by atoms with Crippen LogP contribution in [0.3, 0.4) is 0 Å². The van der Waals surface area contributed by atoms with Crippen LogP contribution in [0.15, 0.2) is 6.20 Å². The molecule has 1 aromatic heterocycles. The van der Waals surface area contributed by atoms with E-state index in [1.165, 1.54) is 0 Å². The number of rotatable bonds is 8. The van der Waals surface area contributed by atoms with Gasteiger partial charge < -0.3 is 5.73 Å². The number of aryl methyl sites for hydroxylation is 1. The number of hydrogen-bond acceptors (Lipinski definition) is 4. The molecular formula is C13H27N5. The Balaban J connectivity index is 2.86. The van der Waals surface area contributed by atoms with E-state index in [1.807, 2.05) is 13.2 Å². The molecule has 0 amide bonds. The molecule has 5 heteroatoms. The maximum atomic E-state index is 6.04. The predicted molar refractivity (Wildman–Crippen MR) is 74.1 cm³/mol. The fourth-order valence-electron chi connectivity index (χ4n) is 2.53. The summed E-state index contributed by atoms with van der Waals surface area (Å²) in [6, 6.07) is 0. The van der Waals surface area contributed by atoms with Crippen molar-refractivity contribution in [2.45, 2.75) is 52.1 Å². The van der Waals surface area contributed by atoms with Crippen molar-refractivity contribution in [1.82, 2.24) is 19.9 Å². The van der Waals surface area contributed by atoms with E-state index in [4.69, 9.17) is 5.73 Å². The lowest BCUT2D eigenvalue weighted by molar-refractivity contribution is 0.0753. The first kappa shape index (κ1) is 15.1. The van der Waals surface area contributed by atoms with Gasteiger partial charge in [-0.2, -0.15) is 0 Å². The van der Waals surface area contributed by atoms with Gasteiger partial charge in [-0.25, -0.2) is 0 Å². The van der Waals surface area contributed by atoms with Crippen LogP contribution in [0.1, 0.15) is 45.7 Å². The van der Waals surface area contributed by atoms with E-state index in [0.717, 1.165) is 38.0 Å². The molecule has 0 aliphatic heterocycles. The molecule has 0 aliphatic rings. The highest BCUT2D eigenvalue weighted by Crippen LogP contribution is 2.24. The van der Waals surface area contributed by atoms with Gasteiger partial charge in [0.05, 0.1) is 5.69 Å². The van der Waals surface area contributed by atoms with Crippen molar-refractivity contribution >= 4 is 0 Å². The largest absolute Gasteiger partial charge is 0.329 e. The lowest BCUT2D eigenvalue weighted by atomic mass is 9.90. The molecule has 0 bridgehead atoms. The molecular weight excluding hydrogens is 226 g/mol. The average Bonchev–Trinajstić information content (AvgIpc) is 2.78. The highest BCUT2D eigenvalue weighted by molar-refractivity contribution is 4.97. The topological polar surface area (TPSA) is 60.0 Å². The van der Waals surface area contributed by atoms with E-state index in [9.17, 15) is 0 Å². The van der Waals surface area contributed by atoms with Gasteiger partial charge in [-0.1, -0.05) is 26.0 Å². The normalized spacial score (nSPS) is 12.3. The van der Waals surface area contributed by atoms with E-state index in [2.05, 4.69) is 36.0 Å². The molecule has 0 saturated heterocycles. The molecule has 5 nitrogen and oxygen atoms in total. The van der Waals surface area contributed by atoms with Crippen LogP contribution in [0.2, 0.25) is 0 Å². The zero-order valence-electron chi connectivity index (χ0n) is 12.2. The summed E-state index contributed by atoms with van der Waals surface area (Å²) in [5, 5.41) is 8.18. The maximum absolute atomic E-state index is 6.04. The minimum Gasteiger partial charge on any atom is -0.329 e. The molecule has 0 atom stereocenters. The van der Waals surface area contributed by atoms with Crippen molar-refractivity contribution in [3.8, 4) is 0 Å². The Morgan fingerprint density at radius 2 is 2.00 bits per heavy atom. The van der Waals surface area contributed by atoms with Crippen molar-refractivity contribution in [1.29, 1.82) is 0 Å². The zero-order chi connectivity index (χ0) is 13.6. The monoisotopic (exact) mass is 253 g/mol. The van der Waals surface area contributed by atoms with E-state index < -0.39 is 0 Å². The van der Waals surface area contributed by atoms with Gasteiger partial charge in [-0.05, 0) is 25.8 Å². The fourth-order valence-corrected chi connectivity index (χ4v) is 2.53. The summed E-state index contributed by atoms with van der Waals surface area (Å²) in [6.07, 6.45) is 5.25. The summed E-state index contributed by atoms with van der Waals surface area (Å²) in [6.45, 7) is 9.22. The van der Waals surface area contributed by atoms with Crippen LogP contribution < -0.4 is 5.73 Å². The third kappa shape index (κ3) is 3.29. The minimum absolute atomic E-state index is 0.0908. The summed E-state index contributed by atoms with van der Waals surface area (Å²) in [7, 11) is 1.90. The molecule has 0 radical (unpaired) electrons. The minimum atomic E-state index is 0.0908. The van der Waals surface area contributed by atoms with E-state index in [1.54, 1.807) is 4.68 Å². The Kier molecular flexibility index (Phi) is 5.75. The van der Waals surface area contributed by atoms with Crippen molar-refractivity contribution in [2.24, 2.45) is 12.8 Å². The number of aromatic nitrogens is 3. The molecule has 1 rings (SSSR count). The first-order chi connectivity index (χ1) is 8.61. The smallest absolute Gasteiger partial charge is 0.0967 e. The Bertz CT molecular complexity index is 335. The summed E-state index contributed by atoms with van der Waals surface area (Å²) in [5.74, 6) is 0. The molecule has 2 N–H and O–H groups in total. The lowest BCUT2D eigenvalue weighted by Gasteiger charge is -2.42.